The van der Waals surface area contributed by atoms with E-state index in [-0.39, 0.29) is 0 Å². The zero-order valence-electron chi connectivity index (χ0n) is 27.9. The van der Waals surface area contributed by atoms with E-state index >= 15 is 0 Å². The summed E-state index contributed by atoms with van der Waals surface area (Å²) < 4.78 is 15.5. The van der Waals surface area contributed by atoms with Crippen molar-refractivity contribution in [1.29, 1.82) is 0 Å². The van der Waals surface area contributed by atoms with Gasteiger partial charge in [0.2, 0.25) is 0 Å². The summed E-state index contributed by atoms with van der Waals surface area (Å²) in [5.41, 5.74) is 11.4. The van der Waals surface area contributed by atoms with Crippen molar-refractivity contribution in [3.8, 4) is 22.3 Å². The van der Waals surface area contributed by atoms with Crippen molar-refractivity contribution in [3.05, 3.63) is 176 Å². The van der Waals surface area contributed by atoms with Gasteiger partial charge >= 0.3 is 0 Å². The Labute approximate surface area is 303 Å². The summed E-state index contributed by atoms with van der Waals surface area (Å²) in [6.45, 7) is 0. The number of benzene rings is 8. The number of furan rings is 2. The molecule has 0 bridgehead atoms. The van der Waals surface area contributed by atoms with Crippen molar-refractivity contribution in [2.24, 2.45) is 0 Å². The third kappa shape index (κ3) is 4.51. The average Bonchev–Trinajstić information content (AvgIpc) is 3.89. The molecule has 11 rings (SSSR count). The van der Waals surface area contributed by atoms with Crippen LogP contribution in [-0.2, 0) is 0 Å². The van der Waals surface area contributed by atoms with Gasteiger partial charge in [0, 0.05) is 59.2 Å². The first-order valence-electron chi connectivity index (χ1n) is 17.5. The van der Waals surface area contributed by atoms with E-state index in [2.05, 4.69) is 163 Å². The Balaban J connectivity index is 1.17. The summed E-state index contributed by atoms with van der Waals surface area (Å²) in [6.07, 6.45) is 0. The van der Waals surface area contributed by atoms with E-state index in [9.17, 15) is 0 Å². The van der Waals surface area contributed by atoms with E-state index in [1.54, 1.807) is 0 Å². The molecule has 52 heavy (non-hydrogen) atoms. The highest BCUT2D eigenvalue weighted by atomic mass is 32.1. The van der Waals surface area contributed by atoms with Crippen molar-refractivity contribution >= 4 is 92.4 Å². The zero-order chi connectivity index (χ0) is 34.2. The maximum atomic E-state index is 6.50. The van der Waals surface area contributed by atoms with Crippen molar-refractivity contribution in [2.75, 3.05) is 4.90 Å². The van der Waals surface area contributed by atoms with Gasteiger partial charge in [-0.05, 0) is 82.9 Å². The lowest BCUT2D eigenvalue weighted by Gasteiger charge is -2.27. The Kier molecular flexibility index (Phi) is 6.42. The van der Waals surface area contributed by atoms with Gasteiger partial charge in [-0.25, -0.2) is 0 Å². The minimum atomic E-state index is 0.860. The molecule has 0 aliphatic carbocycles. The predicted octanol–water partition coefficient (Wildman–Crippen LogP) is 14.7. The van der Waals surface area contributed by atoms with Crippen LogP contribution in [0.15, 0.2) is 185 Å². The largest absolute Gasteiger partial charge is 0.456 e. The van der Waals surface area contributed by atoms with Gasteiger partial charge in [-0.3, -0.25) is 0 Å². The summed E-state index contributed by atoms with van der Waals surface area (Å²) in [4.78, 5) is 2.39. The van der Waals surface area contributed by atoms with Crippen LogP contribution in [0, 0.1) is 0 Å². The molecule has 4 heteroatoms. The second kappa shape index (κ2) is 11.5. The first-order chi connectivity index (χ1) is 25.8. The van der Waals surface area contributed by atoms with Gasteiger partial charge in [-0.2, -0.15) is 0 Å². The minimum absolute atomic E-state index is 0.860. The number of nitrogens with zero attached hydrogens (tertiary/aromatic N) is 1. The quantitative estimate of drug-likeness (QED) is 0.181. The molecule has 244 valence electrons. The molecule has 0 aliphatic rings. The summed E-state index contributed by atoms with van der Waals surface area (Å²) >= 11 is 1.86. The fourth-order valence-corrected chi connectivity index (χ4v) is 9.10. The van der Waals surface area contributed by atoms with Gasteiger partial charge in [-0.1, -0.05) is 109 Å². The molecule has 11 aromatic rings. The van der Waals surface area contributed by atoms with Crippen molar-refractivity contribution in [3.63, 3.8) is 0 Å². The number of rotatable bonds is 5. The molecule has 0 radical (unpaired) electrons. The normalized spacial score (nSPS) is 11.8. The Bertz CT molecular complexity index is 3130. The van der Waals surface area contributed by atoms with Crippen LogP contribution >= 0.6 is 11.3 Å². The predicted molar refractivity (Wildman–Crippen MR) is 219 cm³/mol. The lowest BCUT2D eigenvalue weighted by atomic mass is 10.00. The van der Waals surface area contributed by atoms with Crippen LogP contribution in [0.25, 0.3) is 86.3 Å². The second-order valence-corrected chi connectivity index (χ2v) is 14.3. The highest BCUT2D eigenvalue weighted by Crippen LogP contribution is 2.49. The smallest absolute Gasteiger partial charge is 0.137 e. The summed E-state index contributed by atoms with van der Waals surface area (Å²) in [5, 5.41) is 6.87. The van der Waals surface area contributed by atoms with Crippen LogP contribution < -0.4 is 4.90 Å². The molecule has 0 aliphatic heterocycles. The topological polar surface area (TPSA) is 29.5 Å². The molecule has 3 aromatic heterocycles. The molecular formula is C48H29NO2S. The molecule has 0 fully saturated rings. The van der Waals surface area contributed by atoms with Crippen LogP contribution in [0.4, 0.5) is 17.1 Å². The van der Waals surface area contributed by atoms with Crippen LogP contribution in [0.5, 0.6) is 0 Å². The maximum absolute atomic E-state index is 6.50. The molecular weight excluding hydrogens is 655 g/mol. The molecule has 0 amide bonds. The maximum Gasteiger partial charge on any atom is 0.137 e. The van der Waals surface area contributed by atoms with Crippen molar-refractivity contribution in [1.82, 2.24) is 0 Å². The molecule has 3 nitrogen and oxygen atoms in total. The van der Waals surface area contributed by atoms with E-state index in [1.807, 2.05) is 29.5 Å². The third-order valence-electron chi connectivity index (χ3n) is 10.3. The van der Waals surface area contributed by atoms with Crippen LogP contribution in [0.2, 0.25) is 0 Å². The van der Waals surface area contributed by atoms with E-state index in [1.165, 1.54) is 36.9 Å². The molecule has 3 heterocycles. The van der Waals surface area contributed by atoms with Crippen molar-refractivity contribution < 1.29 is 8.83 Å². The second-order valence-electron chi connectivity index (χ2n) is 13.3. The SMILES string of the molecule is c1ccc(-c2ccc3c(c2)oc2ccc(N(c4ccc5c(c4)oc4ccccc45)c4ccc(-c5ccccc5)c5sc6ccccc6c45)cc23)cc1. The molecule has 0 N–H and O–H groups in total. The fraction of sp³-hybridized carbons (Fsp3) is 0. The Morgan fingerprint density at radius 2 is 1.00 bits per heavy atom. The molecule has 0 unspecified atom stereocenters. The van der Waals surface area contributed by atoms with E-state index in [4.69, 9.17) is 8.83 Å². The third-order valence-corrected chi connectivity index (χ3v) is 11.5. The monoisotopic (exact) mass is 683 g/mol. The average molecular weight is 684 g/mol. The Morgan fingerprint density at radius 1 is 0.385 bits per heavy atom. The number of fused-ring (bicyclic) bond motifs is 9. The number of hydrogen-bond acceptors (Lipinski definition) is 4. The van der Waals surface area contributed by atoms with Crippen molar-refractivity contribution in [2.45, 2.75) is 0 Å². The summed E-state index contributed by atoms with van der Waals surface area (Å²) in [6, 6.07) is 62.5. The fourth-order valence-electron chi connectivity index (χ4n) is 7.84. The van der Waals surface area contributed by atoms with Gasteiger partial charge in [0.25, 0.3) is 0 Å². The standard InChI is InChI=1S/C48H29NO2S/c1-3-11-30(12-4-1)32-19-22-38-40-28-33(21-26-43(40)51-44(38)27-32)49(34-20-23-37-36-15-7-9-17-42(36)50-45(37)29-34)41-25-24-35(31-13-5-2-6-14-31)48-47(41)39-16-8-10-18-46(39)52-48/h1-29H. The minimum Gasteiger partial charge on any atom is -0.456 e. The Morgan fingerprint density at radius 3 is 1.85 bits per heavy atom. The molecule has 0 saturated heterocycles. The summed E-state index contributed by atoms with van der Waals surface area (Å²) in [5.74, 6) is 0. The number of anilines is 3. The number of para-hydroxylation sites is 1. The van der Waals surface area contributed by atoms with Gasteiger partial charge in [-0.15, -0.1) is 11.3 Å². The lowest BCUT2D eigenvalue weighted by Crippen LogP contribution is -2.10. The Hall–Kier alpha value is -6.62. The van der Waals surface area contributed by atoms with Crippen LogP contribution in [-0.4, -0.2) is 0 Å². The van der Waals surface area contributed by atoms with E-state index in [0.29, 0.717) is 0 Å². The highest BCUT2D eigenvalue weighted by molar-refractivity contribution is 7.26. The highest BCUT2D eigenvalue weighted by Gasteiger charge is 2.23. The van der Waals surface area contributed by atoms with Crippen LogP contribution in [0.3, 0.4) is 0 Å². The number of hydrogen-bond donors (Lipinski definition) is 0. The van der Waals surface area contributed by atoms with Crippen LogP contribution in [0.1, 0.15) is 0 Å². The molecule has 0 atom stereocenters. The van der Waals surface area contributed by atoms with Gasteiger partial charge in [0.15, 0.2) is 0 Å². The first kappa shape index (κ1) is 29.1. The molecule has 0 saturated carbocycles. The summed E-state index contributed by atoms with van der Waals surface area (Å²) in [7, 11) is 0. The molecule has 0 spiro atoms. The van der Waals surface area contributed by atoms with E-state index < -0.39 is 0 Å². The van der Waals surface area contributed by atoms with Gasteiger partial charge in [0.1, 0.15) is 22.3 Å². The number of thiophene rings is 1. The first-order valence-corrected chi connectivity index (χ1v) is 18.3. The van der Waals surface area contributed by atoms with E-state index in [0.717, 1.165) is 66.5 Å². The van der Waals surface area contributed by atoms with Gasteiger partial charge in [0.05, 0.1) is 5.69 Å². The zero-order valence-corrected chi connectivity index (χ0v) is 28.7. The lowest BCUT2D eigenvalue weighted by molar-refractivity contribution is 0.668. The van der Waals surface area contributed by atoms with Gasteiger partial charge < -0.3 is 13.7 Å². The molecule has 8 aromatic carbocycles.